The van der Waals surface area contributed by atoms with Crippen LogP contribution in [0, 0.1) is 12.7 Å². The number of aliphatic imine (C=N–C) groups is 1. The number of hydrogen-bond acceptors (Lipinski definition) is 4. The van der Waals surface area contributed by atoms with Crippen LogP contribution in [-0.4, -0.2) is 34.4 Å². The molecule has 5 nitrogen and oxygen atoms in total. The van der Waals surface area contributed by atoms with Gasteiger partial charge in [0.1, 0.15) is 11.6 Å². The zero-order valence-corrected chi connectivity index (χ0v) is 14.8. The van der Waals surface area contributed by atoms with Gasteiger partial charge in [0, 0.05) is 37.0 Å². The van der Waals surface area contributed by atoms with Crippen LogP contribution in [0.3, 0.4) is 0 Å². The highest BCUT2D eigenvalue weighted by Crippen LogP contribution is 2.25. The van der Waals surface area contributed by atoms with E-state index < -0.39 is 0 Å². The van der Waals surface area contributed by atoms with Crippen molar-refractivity contribution in [2.75, 3.05) is 18.9 Å². The summed E-state index contributed by atoms with van der Waals surface area (Å²) in [5.41, 5.74) is 3.58. The molecular formula is C20H20FN5. The van der Waals surface area contributed by atoms with Crippen LogP contribution in [0.1, 0.15) is 5.56 Å². The van der Waals surface area contributed by atoms with Gasteiger partial charge in [0.15, 0.2) is 5.65 Å². The number of nitrogens with one attached hydrogen (secondary N) is 1. The highest BCUT2D eigenvalue weighted by Gasteiger charge is 2.13. The Hall–Kier alpha value is -3.28. The number of aryl methyl sites for hydroxylation is 1. The normalized spacial score (nSPS) is 12.0. The van der Waals surface area contributed by atoms with Crippen LogP contribution in [-0.2, 0) is 0 Å². The molecule has 0 saturated heterocycles. The molecule has 0 radical (unpaired) electrons. The van der Waals surface area contributed by atoms with E-state index in [2.05, 4.69) is 27.0 Å². The predicted octanol–water partition coefficient (Wildman–Crippen LogP) is 4.07. The third kappa shape index (κ3) is 3.54. The van der Waals surface area contributed by atoms with Crippen molar-refractivity contribution in [1.82, 2.24) is 14.6 Å². The molecule has 0 aliphatic carbocycles. The molecule has 0 aliphatic heterocycles. The van der Waals surface area contributed by atoms with Crippen molar-refractivity contribution in [3.05, 3.63) is 72.2 Å². The highest BCUT2D eigenvalue weighted by molar-refractivity contribution is 5.80. The van der Waals surface area contributed by atoms with Gasteiger partial charge in [-0.2, -0.15) is 9.61 Å². The number of allylic oxidation sites excluding steroid dienone is 2. The first kappa shape index (κ1) is 17.5. The summed E-state index contributed by atoms with van der Waals surface area (Å²) in [6, 6.07) is 8.41. The second-order valence-corrected chi connectivity index (χ2v) is 5.79. The topological polar surface area (TPSA) is 54.6 Å². The first-order valence-corrected chi connectivity index (χ1v) is 8.22. The SMILES string of the molecule is C=C/C=C(\C=NC)CNc1cc(-c2ccccc2F)nc2c(C)cnn12. The fourth-order valence-electron chi connectivity index (χ4n) is 2.66. The van der Waals surface area contributed by atoms with Gasteiger partial charge in [-0.3, -0.25) is 4.99 Å². The van der Waals surface area contributed by atoms with Crippen molar-refractivity contribution in [3.63, 3.8) is 0 Å². The van der Waals surface area contributed by atoms with Crippen molar-refractivity contribution < 1.29 is 4.39 Å². The van der Waals surface area contributed by atoms with Crippen LogP contribution in [0.15, 0.2) is 65.8 Å². The number of benzene rings is 1. The summed E-state index contributed by atoms with van der Waals surface area (Å²) >= 11 is 0. The Kier molecular flexibility index (Phi) is 5.22. The largest absolute Gasteiger partial charge is 0.366 e. The van der Waals surface area contributed by atoms with Gasteiger partial charge in [-0.25, -0.2) is 9.37 Å². The van der Waals surface area contributed by atoms with Crippen LogP contribution >= 0.6 is 0 Å². The van der Waals surface area contributed by atoms with Crippen LogP contribution in [0.25, 0.3) is 16.9 Å². The molecule has 0 unspecified atom stereocenters. The maximum atomic E-state index is 14.2. The minimum Gasteiger partial charge on any atom is -0.366 e. The molecule has 0 saturated carbocycles. The molecule has 3 aromatic rings. The van der Waals surface area contributed by atoms with Crippen molar-refractivity contribution in [2.45, 2.75) is 6.92 Å². The minimum absolute atomic E-state index is 0.308. The van der Waals surface area contributed by atoms with Gasteiger partial charge in [-0.05, 0) is 24.6 Å². The summed E-state index contributed by atoms with van der Waals surface area (Å²) in [6.07, 6.45) is 7.10. The Morgan fingerprint density at radius 2 is 2.19 bits per heavy atom. The lowest BCUT2D eigenvalue weighted by molar-refractivity contribution is 0.630. The Balaban J connectivity index is 2.05. The van der Waals surface area contributed by atoms with Crippen LogP contribution in [0.2, 0.25) is 0 Å². The fraction of sp³-hybridized carbons (Fsp3) is 0.150. The first-order valence-electron chi connectivity index (χ1n) is 8.22. The molecule has 0 aliphatic rings. The second kappa shape index (κ2) is 7.74. The smallest absolute Gasteiger partial charge is 0.160 e. The maximum absolute atomic E-state index is 14.2. The number of rotatable bonds is 6. The van der Waals surface area contributed by atoms with Gasteiger partial charge in [0.25, 0.3) is 0 Å². The van der Waals surface area contributed by atoms with E-state index in [0.29, 0.717) is 23.4 Å². The summed E-state index contributed by atoms with van der Waals surface area (Å²) in [4.78, 5) is 8.63. The van der Waals surface area contributed by atoms with E-state index in [9.17, 15) is 4.39 Å². The molecule has 0 fully saturated rings. The van der Waals surface area contributed by atoms with Crippen LogP contribution in [0.5, 0.6) is 0 Å². The predicted molar refractivity (Wildman–Crippen MR) is 104 cm³/mol. The quantitative estimate of drug-likeness (QED) is 0.539. The lowest BCUT2D eigenvalue weighted by atomic mass is 10.1. The lowest BCUT2D eigenvalue weighted by Gasteiger charge is -2.11. The highest BCUT2D eigenvalue weighted by atomic mass is 19.1. The number of fused-ring (bicyclic) bond motifs is 1. The van der Waals surface area contributed by atoms with Gasteiger partial charge >= 0.3 is 0 Å². The Morgan fingerprint density at radius 3 is 2.92 bits per heavy atom. The van der Waals surface area contributed by atoms with Crippen molar-refractivity contribution in [1.29, 1.82) is 0 Å². The summed E-state index contributed by atoms with van der Waals surface area (Å²) < 4.78 is 15.9. The van der Waals surface area contributed by atoms with E-state index in [4.69, 9.17) is 0 Å². The maximum Gasteiger partial charge on any atom is 0.160 e. The molecule has 26 heavy (non-hydrogen) atoms. The number of anilines is 1. The monoisotopic (exact) mass is 349 g/mol. The molecule has 0 atom stereocenters. The third-order valence-corrected chi connectivity index (χ3v) is 3.90. The van der Waals surface area contributed by atoms with Gasteiger partial charge in [-0.15, -0.1) is 0 Å². The molecule has 3 rings (SSSR count). The molecular weight excluding hydrogens is 329 g/mol. The fourth-order valence-corrected chi connectivity index (χ4v) is 2.66. The number of hydrogen-bond donors (Lipinski definition) is 1. The van der Waals surface area contributed by atoms with E-state index in [0.717, 1.165) is 17.0 Å². The van der Waals surface area contributed by atoms with E-state index in [1.165, 1.54) is 6.07 Å². The molecule has 0 amide bonds. The van der Waals surface area contributed by atoms with E-state index >= 15 is 0 Å². The second-order valence-electron chi connectivity index (χ2n) is 5.79. The first-order chi connectivity index (χ1) is 12.6. The van der Waals surface area contributed by atoms with Crippen LogP contribution < -0.4 is 5.32 Å². The average molecular weight is 349 g/mol. The van der Waals surface area contributed by atoms with Gasteiger partial charge in [-0.1, -0.05) is 30.9 Å². The van der Waals surface area contributed by atoms with Gasteiger partial charge in [0.2, 0.25) is 0 Å². The van der Waals surface area contributed by atoms with Crippen LogP contribution in [0.4, 0.5) is 10.2 Å². The number of halogens is 1. The summed E-state index contributed by atoms with van der Waals surface area (Å²) in [5.74, 6) is 0.415. The number of nitrogens with zero attached hydrogens (tertiary/aromatic N) is 4. The molecule has 0 spiro atoms. The van der Waals surface area contributed by atoms with Crippen molar-refractivity contribution in [3.8, 4) is 11.3 Å². The summed E-state index contributed by atoms with van der Waals surface area (Å²) in [7, 11) is 1.72. The molecule has 2 aromatic heterocycles. The van der Waals surface area contributed by atoms with E-state index in [-0.39, 0.29) is 5.82 Å². The molecule has 6 heteroatoms. The standard InChI is InChI=1S/C20H20FN5/c1-4-7-15(12-22-3)13-23-19-10-18(16-8-5-6-9-17(16)21)25-20-14(2)11-24-26(19)20/h4-12,23H,1,13H2,2-3H3/b15-7+,22-12?. The average Bonchev–Trinajstić information content (AvgIpc) is 3.01. The zero-order chi connectivity index (χ0) is 18.5. The van der Waals surface area contributed by atoms with Crippen molar-refractivity contribution >= 4 is 17.7 Å². The van der Waals surface area contributed by atoms with Gasteiger partial charge in [0.05, 0.1) is 11.9 Å². The summed E-state index contributed by atoms with van der Waals surface area (Å²) in [6.45, 7) is 6.17. The third-order valence-electron chi connectivity index (χ3n) is 3.90. The van der Waals surface area contributed by atoms with Gasteiger partial charge < -0.3 is 5.32 Å². The van der Waals surface area contributed by atoms with E-state index in [1.807, 2.05) is 13.0 Å². The Morgan fingerprint density at radius 1 is 1.38 bits per heavy atom. The molecule has 132 valence electrons. The molecule has 1 aromatic carbocycles. The lowest BCUT2D eigenvalue weighted by Crippen LogP contribution is -2.11. The van der Waals surface area contributed by atoms with E-state index in [1.54, 1.807) is 54.3 Å². The zero-order valence-electron chi connectivity index (χ0n) is 14.8. The molecule has 2 heterocycles. The molecule has 0 bridgehead atoms. The Bertz CT molecular complexity index is 1000. The Labute approximate surface area is 151 Å². The minimum atomic E-state index is -0.308. The van der Waals surface area contributed by atoms with Crippen molar-refractivity contribution in [2.24, 2.45) is 4.99 Å². The summed E-state index contributed by atoms with van der Waals surface area (Å²) in [5, 5.41) is 7.70. The number of aromatic nitrogens is 3. The molecule has 1 N–H and O–H groups in total.